The van der Waals surface area contributed by atoms with Crippen molar-refractivity contribution in [2.24, 2.45) is 0 Å². The van der Waals surface area contributed by atoms with E-state index in [1.165, 1.54) is 12.1 Å². The van der Waals surface area contributed by atoms with Crippen molar-refractivity contribution in [1.82, 2.24) is 9.97 Å². The molecule has 0 saturated carbocycles. The first-order valence-corrected chi connectivity index (χ1v) is 7.85. The molecule has 0 bridgehead atoms. The van der Waals surface area contributed by atoms with E-state index in [0.29, 0.717) is 22.5 Å². The number of aromatic nitrogens is 2. The van der Waals surface area contributed by atoms with Gasteiger partial charge in [-0.3, -0.25) is 0 Å². The molecule has 0 saturated heterocycles. The fourth-order valence-electron chi connectivity index (χ4n) is 2.07. The Morgan fingerprint density at radius 2 is 1.58 bits per heavy atom. The van der Waals surface area contributed by atoms with Crippen LogP contribution in [0.1, 0.15) is 5.69 Å². The van der Waals surface area contributed by atoms with E-state index in [1.54, 1.807) is 24.3 Å². The maximum atomic E-state index is 13.2. The third-order valence-corrected chi connectivity index (χ3v) is 3.69. The minimum atomic E-state index is -0.467. The number of halogens is 3. The third-order valence-electron chi connectivity index (χ3n) is 3.15. The van der Waals surface area contributed by atoms with Crippen LogP contribution in [-0.4, -0.2) is 9.97 Å². The van der Waals surface area contributed by atoms with E-state index in [9.17, 15) is 4.39 Å². The second-order valence-corrected chi connectivity index (χ2v) is 5.95. The van der Waals surface area contributed by atoms with Crippen molar-refractivity contribution in [2.45, 2.75) is 6.92 Å². The molecule has 3 aromatic rings. The number of anilines is 4. The summed E-state index contributed by atoms with van der Waals surface area (Å²) in [6.07, 6.45) is 0. The summed E-state index contributed by atoms with van der Waals surface area (Å²) in [7, 11) is 0. The van der Waals surface area contributed by atoms with Crippen LogP contribution in [0.4, 0.5) is 27.5 Å². The van der Waals surface area contributed by atoms with Crippen molar-refractivity contribution in [3.8, 4) is 0 Å². The fourth-order valence-corrected chi connectivity index (χ4v) is 2.38. The van der Waals surface area contributed by atoms with E-state index < -0.39 is 5.82 Å². The number of nitrogens with zero attached hydrogens (tertiary/aromatic N) is 2. The number of hydrogen-bond acceptors (Lipinski definition) is 4. The van der Waals surface area contributed by atoms with Gasteiger partial charge in [0.05, 0.1) is 5.02 Å². The molecule has 3 rings (SSSR count). The molecule has 0 aliphatic heterocycles. The van der Waals surface area contributed by atoms with Gasteiger partial charge in [-0.05, 0) is 49.4 Å². The summed E-state index contributed by atoms with van der Waals surface area (Å²) in [5, 5.41) is 6.90. The minimum absolute atomic E-state index is 0.0466. The van der Waals surface area contributed by atoms with Gasteiger partial charge < -0.3 is 10.6 Å². The molecule has 7 heteroatoms. The molecule has 1 aromatic heterocycles. The molecule has 4 nitrogen and oxygen atoms in total. The van der Waals surface area contributed by atoms with Crippen molar-refractivity contribution in [2.75, 3.05) is 10.6 Å². The van der Waals surface area contributed by atoms with E-state index in [4.69, 9.17) is 23.2 Å². The monoisotopic (exact) mass is 362 g/mol. The third kappa shape index (κ3) is 4.13. The Labute approximate surface area is 148 Å². The molecule has 0 unspecified atom stereocenters. The zero-order valence-electron chi connectivity index (χ0n) is 12.6. The lowest BCUT2D eigenvalue weighted by Crippen LogP contribution is -2.02. The lowest BCUT2D eigenvalue weighted by Gasteiger charge is -2.10. The van der Waals surface area contributed by atoms with Gasteiger partial charge in [-0.1, -0.05) is 23.2 Å². The molecule has 0 spiro atoms. The van der Waals surface area contributed by atoms with Gasteiger partial charge in [-0.25, -0.2) is 9.37 Å². The zero-order chi connectivity index (χ0) is 17.1. The van der Waals surface area contributed by atoms with Crippen molar-refractivity contribution >= 4 is 46.3 Å². The molecule has 0 amide bonds. The van der Waals surface area contributed by atoms with Crippen LogP contribution in [0.2, 0.25) is 10.0 Å². The number of nitrogens with one attached hydrogen (secondary N) is 2. The van der Waals surface area contributed by atoms with Crippen LogP contribution in [0.15, 0.2) is 48.5 Å². The maximum absolute atomic E-state index is 13.2. The molecule has 122 valence electrons. The highest BCUT2D eigenvalue weighted by Gasteiger charge is 2.06. The summed E-state index contributed by atoms with van der Waals surface area (Å²) >= 11 is 11.7. The molecular formula is C17H13Cl2FN4. The standard InChI is InChI=1S/C17H13Cl2FN4/c1-10-8-16(22-13-6-7-15(20)14(19)9-13)24-17(21-10)23-12-4-2-11(18)3-5-12/h2-9H,1H3,(H2,21,22,23,24). The number of rotatable bonds is 4. The lowest BCUT2D eigenvalue weighted by atomic mass is 10.3. The number of aryl methyl sites for hydroxylation is 1. The van der Waals surface area contributed by atoms with Gasteiger partial charge in [-0.15, -0.1) is 0 Å². The smallest absolute Gasteiger partial charge is 0.229 e. The molecular weight excluding hydrogens is 350 g/mol. The minimum Gasteiger partial charge on any atom is -0.340 e. The van der Waals surface area contributed by atoms with Gasteiger partial charge in [0.2, 0.25) is 5.95 Å². The molecule has 1 heterocycles. The number of hydrogen-bond donors (Lipinski definition) is 2. The first-order chi connectivity index (χ1) is 11.5. The van der Waals surface area contributed by atoms with Gasteiger partial charge in [0.1, 0.15) is 11.6 Å². The first-order valence-electron chi connectivity index (χ1n) is 7.10. The molecule has 24 heavy (non-hydrogen) atoms. The highest BCUT2D eigenvalue weighted by atomic mass is 35.5. The van der Waals surface area contributed by atoms with Gasteiger partial charge in [-0.2, -0.15) is 4.98 Å². The van der Waals surface area contributed by atoms with Crippen LogP contribution in [0.5, 0.6) is 0 Å². The van der Waals surface area contributed by atoms with Gasteiger partial charge in [0.25, 0.3) is 0 Å². The Kier molecular flexibility index (Phi) is 4.83. The van der Waals surface area contributed by atoms with E-state index in [1.807, 2.05) is 19.1 Å². The molecule has 0 aliphatic carbocycles. The lowest BCUT2D eigenvalue weighted by molar-refractivity contribution is 0.628. The van der Waals surface area contributed by atoms with Crippen LogP contribution >= 0.6 is 23.2 Å². The Balaban J connectivity index is 1.82. The maximum Gasteiger partial charge on any atom is 0.229 e. The molecule has 2 N–H and O–H groups in total. The van der Waals surface area contributed by atoms with Crippen molar-refractivity contribution in [3.63, 3.8) is 0 Å². The Bertz CT molecular complexity index is 869. The predicted molar refractivity (Wildman–Crippen MR) is 96.2 cm³/mol. The van der Waals surface area contributed by atoms with Crippen LogP contribution in [0, 0.1) is 12.7 Å². The fraction of sp³-hybridized carbons (Fsp3) is 0.0588. The van der Waals surface area contributed by atoms with Crippen LogP contribution in [0.25, 0.3) is 0 Å². The summed E-state index contributed by atoms with van der Waals surface area (Å²) in [4.78, 5) is 8.74. The first kappa shape index (κ1) is 16.5. The summed E-state index contributed by atoms with van der Waals surface area (Å²) in [6.45, 7) is 1.86. The summed E-state index contributed by atoms with van der Waals surface area (Å²) in [6, 6.07) is 13.4. The summed E-state index contributed by atoms with van der Waals surface area (Å²) in [5.74, 6) is 0.542. The largest absolute Gasteiger partial charge is 0.340 e. The molecule has 0 radical (unpaired) electrons. The molecule has 0 atom stereocenters. The molecule has 0 fully saturated rings. The Morgan fingerprint density at radius 1 is 0.875 bits per heavy atom. The van der Waals surface area contributed by atoms with Crippen molar-refractivity contribution in [3.05, 3.63) is 70.1 Å². The highest BCUT2D eigenvalue weighted by molar-refractivity contribution is 6.31. The average Bonchev–Trinajstić information content (AvgIpc) is 2.53. The van der Waals surface area contributed by atoms with Gasteiger partial charge >= 0.3 is 0 Å². The normalized spacial score (nSPS) is 10.5. The Morgan fingerprint density at radius 3 is 2.29 bits per heavy atom. The Hall–Kier alpha value is -2.37. The summed E-state index contributed by atoms with van der Waals surface area (Å²) < 4.78 is 13.2. The SMILES string of the molecule is Cc1cc(Nc2ccc(F)c(Cl)c2)nc(Nc2ccc(Cl)cc2)n1. The quantitative estimate of drug-likeness (QED) is 0.623. The van der Waals surface area contributed by atoms with Crippen LogP contribution in [0.3, 0.4) is 0 Å². The summed E-state index contributed by atoms with van der Waals surface area (Å²) in [5.41, 5.74) is 2.23. The second-order valence-electron chi connectivity index (χ2n) is 5.10. The van der Waals surface area contributed by atoms with E-state index in [2.05, 4.69) is 20.6 Å². The zero-order valence-corrected chi connectivity index (χ0v) is 14.2. The predicted octanol–water partition coefficient (Wildman–Crippen LogP) is 5.72. The van der Waals surface area contributed by atoms with Gasteiger partial charge in [0.15, 0.2) is 0 Å². The average molecular weight is 363 g/mol. The van der Waals surface area contributed by atoms with E-state index in [0.717, 1.165) is 11.4 Å². The van der Waals surface area contributed by atoms with Crippen LogP contribution < -0.4 is 10.6 Å². The van der Waals surface area contributed by atoms with Crippen LogP contribution in [-0.2, 0) is 0 Å². The van der Waals surface area contributed by atoms with E-state index in [-0.39, 0.29) is 5.02 Å². The second kappa shape index (κ2) is 7.03. The van der Waals surface area contributed by atoms with Crippen molar-refractivity contribution < 1.29 is 4.39 Å². The van der Waals surface area contributed by atoms with Gasteiger partial charge in [0, 0.05) is 28.2 Å². The molecule has 0 aliphatic rings. The van der Waals surface area contributed by atoms with Crippen molar-refractivity contribution in [1.29, 1.82) is 0 Å². The number of benzene rings is 2. The topological polar surface area (TPSA) is 49.8 Å². The van der Waals surface area contributed by atoms with E-state index >= 15 is 0 Å². The highest BCUT2D eigenvalue weighted by Crippen LogP contribution is 2.23. The molecule has 2 aromatic carbocycles.